The van der Waals surface area contributed by atoms with E-state index in [1.807, 2.05) is 91.0 Å². The average molecular weight is 470 g/mol. The first-order valence-corrected chi connectivity index (χ1v) is 12.8. The average Bonchev–Trinajstić information content (AvgIpc) is 3.33. The van der Waals surface area contributed by atoms with Gasteiger partial charge in [-0.1, -0.05) is 128 Å². The smallest absolute Gasteiger partial charge is 0.128 e. The van der Waals surface area contributed by atoms with E-state index in [0.29, 0.717) is 5.47 Å². The largest absolute Gasteiger partial charge is 0.152 e. The minimum atomic E-state index is 0.626. The van der Waals surface area contributed by atoms with Crippen molar-refractivity contribution in [1.29, 1.82) is 0 Å². The van der Waals surface area contributed by atoms with Gasteiger partial charge in [-0.2, -0.15) is 11.3 Å². The lowest BCUT2D eigenvalue weighted by molar-refractivity contribution is 1.40. The van der Waals surface area contributed by atoms with Crippen molar-refractivity contribution in [2.75, 3.05) is 0 Å². The lowest BCUT2D eigenvalue weighted by atomic mass is 9.94. The molecule has 1 heterocycles. The molecule has 0 saturated carbocycles. The van der Waals surface area contributed by atoms with E-state index < -0.39 is 0 Å². The summed E-state index contributed by atoms with van der Waals surface area (Å²) in [7, 11) is 11.6. The van der Waals surface area contributed by atoms with E-state index in [1.165, 1.54) is 10.5 Å². The maximum absolute atomic E-state index is 5.81. The van der Waals surface area contributed by atoms with Crippen LogP contribution in [-0.2, 0) is 0 Å². The number of allylic oxidation sites excluding steroid dienone is 15. The highest BCUT2D eigenvalue weighted by atomic mass is 32.1. The molecule has 0 atom stereocenters. The van der Waals surface area contributed by atoms with Crippen LogP contribution in [0.15, 0.2) is 114 Å². The maximum atomic E-state index is 5.81. The Balaban J connectivity index is -0.00000148. The van der Waals surface area contributed by atoms with Crippen LogP contribution in [0, 0.1) is 0 Å². The summed E-state index contributed by atoms with van der Waals surface area (Å²) in [5.74, 6) is 0. The first kappa shape index (κ1) is 36.1. The molecule has 0 aromatic carbocycles. The molecule has 0 bridgehead atoms. The zero-order valence-corrected chi connectivity index (χ0v) is 23.9. The lowest BCUT2D eigenvalue weighted by Crippen LogP contribution is -1.88. The molecule has 0 spiro atoms. The van der Waals surface area contributed by atoms with Crippen LogP contribution in [-0.4, -0.2) is 15.7 Å². The molecule has 0 nitrogen and oxygen atoms in total. The van der Waals surface area contributed by atoms with Crippen molar-refractivity contribution in [1.82, 2.24) is 0 Å². The second-order valence-electron chi connectivity index (χ2n) is 6.27. The minimum Gasteiger partial charge on any atom is -0.152 e. The van der Waals surface area contributed by atoms with Crippen LogP contribution < -0.4 is 4.78 Å². The number of thiophene rings is 1. The quantitative estimate of drug-likeness (QED) is 0.249. The fraction of sp³-hybridized carbons (Fsp3) is 0.290. The molecule has 0 aliphatic heterocycles. The molecule has 0 fully saturated rings. The van der Waals surface area contributed by atoms with E-state index in [9.17, 15) is 0 Å². The summed E-state index contributed by atoms with van der Waals surface area (Å²) in [6.45, 7) is 29.7. The molecule has 0 saturated heterocycles. The van der Waals surface area contributed by atoms with Gasteiger partial charge in [0.1, 0.15) is 15.7 Å². The van der Waals surface area contributed by atoms with Gasteiger partial charge < -0.3 is 0 Å². The number of hydrogen-bond acceptors (Lipinski definition) is 1. The van der Waals surface area contributed by atoms with Crippen LogP contribution in [0.3, 0.4) is 0 Å². The van der Waals surface area contributed by atoms with Crippen LogP contribution in [0.2, 0.25) is 0 Å². The molecule has 0 aliphatic rings. The molecular weight excluding hydrogens is 426 g/mol. The SMILES string of the molecule is CC.CC.CC.[B]/C(C=C)=C/C=C(C)/C(C=C)=C/C=C(C)/C(C=C)=C/C=C(\C)c1ccc([B])s1. The van der Waals surface area contributed by atoms with Crippen LogP contribution in [0.4, 0.5) is 0 Å². The van der Waals surface area contributed by atoms with Crippen molar-refractivity contribution in [3.05, 3.63) is 119 Å². The molecule has 1 aromatic heterocycles. The highest BCUT2D eigenvalue weighted by molar-refractivity contribution is 7.20. The van der Waals surface area contributed by atoms with Crippen LogP contribution in [0.5, 0.6) is 0 Å². The van der Waals surface area contributed by atoms with Gasteiger partial charge in [-0.05, 0) is 59.5 Å². The molecule has 0 unspecified atom stereocenters. The second kappa shape index (κ2) is 23.6. The van der Waals surface area contributed by atoms with Crippen LogP contribution in [0.25, 0.3) is 5.57 Å². The summed E-state index contributed by atoms with van der Waals surface area (Å²) in [5.41, 5.74) is 6.05. The van der Waals surface area contributed by atoms with Gasteiger partial charge in [0, 0.05) is 4.88 Å². The molecule has 1 aromatic rings. The van der Waals surface area contributed by atoms with Gasteiger partial charge in [-0.3, -0.25) is 0 Å². The number of hydrogen-bond donors (Lipinski definition) is 0. The predicted molar refractivity (Wildman–Crippen MR) is 166 cm³/mol. The Morgan fingerprint density at radius 2 is 1.12 bits per heavy atom. The first-order valence-electron chi connectivity index (χ1n) is 12.0. The first-order chi connectivity index (χ1) is 16.3. The molecule has 0 aliphatic carbocycles. The Labute approximate surface area is 218 Å². The fourth-order valence-electron chi connectivity index (χ4n) is 2.28. The van der Waals surface area contributed by atoms with E-state index in [2.05, 4.69) is 51.8 Å². The molecule has 0 N–H and O–H groups in total. The summed E-state index contributed by atoms with van der Waals surface area (Å²) >= 11 is 1.59. The summed E-state index contributed by atoms with van der Waals surface area (Å²) in [4.78, 5) is 1.17. The van der Waals surface area contributed by atoms with Gasteiger partial charge in [0.15, 0.2) is 0 Å². The Morgan fingerprint density at radius 3 is 1.50 bits per heavy atom. The van der Waals surface area contributed by atoms with Gasteiger partial charge >= 0.3 is 0 Å². The summed E-state index contributed by atoms with van der Waals surface area (Å²) in [6.07, 6.45) is 17.4. The van der Waals surface area contributed by atoms with Crippen LogP contribution >= 0.6 is 11.3 Å². The number of rotatable bonds is 9. The Bertz CT molecular complexity index is 913. The van der Waals surface area contributed by atoms with Crippen molar-refractivity contribution >= 4 is 37.4 Å². The van der Waals surface area contributed by atoms with Crippen molar-refractivity contribution < 1.29 is 0 Å². The van der Waals surface area contributed by atoms with E-state index in [0.717, 1.165) is 27.1 Å². The van der Waals surface area contributed by atoms with Crippen molar-refractivity contribution in [3.63, 3.8) is 0 Å². The van der Waals surface area contributed by atoms with Gasteiger partial charge in [0.2, 0.25) is 0 Å². The summed E-state index contributed by atoms with van der Waals surface area (Å²) in [6, 6.07) is 3.97. The highest BCUT2D eigenvalue weighted by Crippen LogP contribution is 2.20. The second-order valence-corrected chi connectivity index (χ2v) is 7.39. The third-order valence-corrected chi connectivity index (χ3v) is 5.20. The van der Waals surface area contributed by atoms with E-state index >= 15 is 0 Å². The monoisotopic (exact) mass is 470 g/mol. The normalized spacial score (nSPS) is 12.7. The molecule has 34 heavy (non-hydrogen) atoms. The van der Waals surface area contributed by atoms with Crippen molar-refractivity contribution in [3.8, 4) is 0 Å². The van der Waals surface area contributed by atoms with Gasteiger partial charge in [0.25, 0.3) is 0 Å². The zero-order valence-electron chi connectivity index (χ0n) is 23.0. The van der Waals surface area contributed by atoms with E-state index in [-0.39, 0.29) is 0 Å². The Hall–Kier alpha value is -2.51. The predicted octanol–water partition coefficient (Wildman–Crippen LogP) is 9.38. The zero-order chi connectivity index (χ0) is 27.1. The maximum Gasteiger partial charge on any atom is 0.128 e. The summed E-state index contributed by atoms with van der Waals surface area (Å²) < 4.78 is 0.821. The van der Waals surface area contributed by atoms with E-state index in [1.54, 1.807) is 17.4 Å². The third kappa shape index (κ3) is 15.3. The van der Waals surface area contributed by atoms with Gasteiger partial charge in [0.05, 0.1) is 0 Å². The lowest BCUT2D eigenvalue weighted by Gasteiger charge is -2.03. The molecule has 180 valence electrons. The molecule has 3 heteroatoms. The third-order valence-electron chi connectivity index (χ3n) is 4.15. The Morgan fingerprint density at radius 1 is 0.676 bits per heavy atom. The fourth-order valence-corrected chi connectivity index (χ4v) is 3.03. The van der Waals surface area contributed by atoms with E-state index in [4.69, 9.17) is 15.7 Å². The molecule has 4 radical (unpaired) electrons. The standard InChI is InChI=1S/C25H26B2S.3C2H6/c1-7-21(19(5)12-15-23(26)9-3)13-10-18(4)22(8-2)14-11-20(6)24-16-17-25(27)28-24;3*1-2/h7-17H,1-3H2,4-6H3;3*1-2H3/b18-10+,19-12+,20-11+,21-13+,22-14+,23-15+;;;. The minimum absolute atomic E-state index is 0.626. The Kier molecular flexibility index (Phi) is 25.1. The molecule has 1 rings (SSSR count). The van der Waals surface area contributed by atoms with Crippen molar-refractivity contribution in [2.45, 2.75) is 62.3 Å². The van der Waals surface area contributed by atoms with Gasteiger partial charge in [-0.25, -0.2) is 0 Å². The molecule has 0 amide bonds. The van der Waals surface area contributed by atoms with Gasteiger partial charge in [-0.15, -0.1) is 0 Å². The van der Waals surface area contributed by atoms with Crippen molar-refractivity contribution in [2.24, 2.45) is 0 Å². The molecular formula is C31H44B2S. The summed E-state index contributed by atoms with van der Waals surface area (Å²) in [5, 5.41) is 0. The topological polar surface area (TPSA) is 0 Å². The van der Waals surface area contributed by atoms with Crippen LogP contribution in [0.1, 0.15) is 67.2 Å². The highest BCUT2D eigenvalue weighted by Gasteiger charge is 1.99.